The van der Waals surface area contributed by atoms with E-state index in [9.17, 15) is 0 Å². The summed E-state index contributed by atoms with van der Waals surface area (Å²) in [7, 11) is 3.96. The number of benzene rings is 1. The number of ether oxygens (including phenoxy) is 1. The van der Waals surface area contributed by atoms with Crippen molar-refractivity contribution in [3.05, 3.63) is 42.5 Å². The molecule has 0 saturated heterocycles. The normalized spacial score (nSPS) is 11.2. The maximum atomic E-state index is 5.68. The molecule has 0 fully saturated rings. The number of halogens is 1. The molecule has 5 nitrogen and oxygen atoms in total. The number of hydrogen-bond acceptors (Lipinski definition) is 3. The highest BCUT2D eigenvalue weighted by atomic mass is 127. The fourth-order valence-electron chi connectivity index (χ4n) is 2.29. The number of aliphatic imine (C=N–C) groups is 1. The summed E-state index contributed by atoms with van der Waals surface area (Å²) < 4.78 is 5.68. The Morgan fingerprint density at radius 3 is 2.65 bits per heavy atom. The monoisotopic (exact) mass is 474 g/mol. The summed E-state index contributed by atoms with van der Waals surface area (Å²) in [4.78, 5) is 6.65. The van der Waals surface area contributed by atoms with Gasteiger partial charge in [-0.3, -0.25) is 4.99 Å². The first kappa shape index (κ1) is 24.7. The summed E-state index contributed by atoms with van der Waals surface area (Å²) >= 11 is 0. The van der Waals surface area contributed by atoms with Gasteiger partial charge in [-0.1, -0.05) is 30.9 Å². The second-order valence-electron chi connectivity index (χ2n) is 6.34. The number of rotatable bonds is 11. The van der Waals surface area contributed by atoms with E-state index < -0.39 is 0 Å². The fraction of sp³-hybridized carbons (Fsp3) is 0.550. The zero-order chi connectivity index (χ0) is 18.5. The van der Waals surface area contributed by atoms with E-state index in [1.807, 2.05) is 18.2 Å². The summed E-state index contributed by atoms with van der Waals surface area (Å²) in [5.74, 6) is 1.69. The standard InChI is InChI=1S/C20H34N4O.HI/c1-6-15-25-19-12-8-7-11-18(19)16-23-20(21-4)22-13-9-10-14-24(5)17(2)3;/h6-8,11-12,17H,1,9-10,13-16H2,2-5H3,(H2,21,22,23);1H. The molecule has 0 saturated carbocycles. The molecule has 0 aliphatic heterocycles. The molecule has 0 atom stereocenters. The van der Waals surface area contributed by atoms with Crippen LogP contribution in [0, 0.1) is 0 Å². The molecule has 1 rings (SSSR count). The van der Waals surface area contributed by atoms with Crippen molar-refractivity contribution in [2.24, 2.45) is 4.99 Å². The predicted molar refractivity (Wildman–Crippen MR) is 123 cm³/mol. The van der Waals surface area contributed by atoms with Crippen LogP contribution in [0.5, 0.6) is 5.75 Å². The molecule has 148 valence electrons. The quantitative estimate of drug-likeness (QED) is 0.169. The molecule has 0 aromatic heterocycles. The molecule has 0 bridgehead atoms. The minimum atomic E-state index is 0. The SMILES string of the molecule is C=CCOc1ccccc1CNC(=NC)NCCCCN(C)C(C)C.I. The lowest BCUT2D eigenvalue weighted by atomic mass is 10.2. The summed E-state index contributed by atoms with van der Waals surface area (Å²) in [5.41, 5.74) is 1.10. The first-order valence-corrected chi connectivity index (χ1v) is 9.04. The van der Waals surface area contributed by atoms with Gasteiger partial charge >= 0.3 is 0 Å². The predicted octanol–water partition coefficient (Wildman–Crippen LogP) is 3.65. The van der Waals surface area contributed by atoms with Crippen LogP contribution in [0.1, 0.15) is 32.3 Å². The maximum absolute atomic E-state index is 5.68. The molecule has 0 heterocycles. The molecule has 1 aromatic carbocycles. The van der Waals surface area contributed by atoms with Crippen molar-refractivity contribution in [2.45, 2.75) is 39.3 Å². The average molecular weight is 474 g/mol. The van der Waals surface area contributed by atoms with Crippen molar-refractivity contribution in [2.75, 3.05) is 33.8 Å². The van der Waals surface area contributed by atoms with E-state index in [2.05, 4.69) is 54.1 Å². The largest absolute Gasteiger partial charge is 0.489 e. The van der Waals surface area contributed by atoms with Crippen LogP contribution in [0.15, 0.2) is 41.9 Å². The number of nitrogens with zero attached hydrogens (tertiary/aromatic N) is 2. The third-order valence-corrected chi connectivity index (χ3v) is 4.11. The molecule has 2 N–H and O–H groups in total. The number of unbranched alkanes of at least 4 members (excludes halogenated alkanes) is 1. The van der Waals surface area contributed by atoms with Crippen molar-refractivity contribution in [1.29, 1.82) is 0 Å². The first-order chi connectivity index (χ1) is 12.1. The van der Waals surface area contributed by atoms with Crippen molar-refractivity contribution in [1.82, 2.24) is 15.5 Å². The average Bonchev–Trinajstić information content (AvgIpc) is 2.62. The van der Waals surface area contributed by atoms with Crippen LogP contribution in [0.25, 0.3) is 0 Å². The third kappa shape index (κ3) is 10.0. The topological polar surface area (TPSA) is 48.9 Å². The lowest BCUT2D eigenvalue weighted by Crippen LogP contribution is -2.37. The minimum Gasteiger partial charge on any atom is -0.489 e. The molecule has 0 aliphatic carbocycles. The van der Waals surface area contributed by atoms with Gasteiger partial charge in [0.05, 0.1) is 0 Å². The molecule has 0 amide bonds. The van der Waals surface area contributed by atoms with Gasteiger partial charge in [-0.25, -0.2) is 0 Å². The molecule has 1 aromatic rings. The minimum absolute atomic E-state index is 0. The molecule has 0 spiro atoms. The van der Waals surface area contributed by atoms with E-state index in [-0.39, 0.29) is 24.0 Å². The van der Waals surface area contributed by atoms with Crippen LogP contribution in [-0.4, -0.2) is 50.7 Å². The highest BCUT2D eigenvalue weighted by Gasteiger charge is 2.05. The summed E-state index contributed by atoms with van der Waals surface area (Å²) in [6.45, 7) is 11.4. The highest BCUT2D eigenvalue weighted by Crippen LogP contribution is 2.17. The van der Waals surface area contributed by atoms with Crippen LogP contribution in [0.3, 0.4) is 0 Å². The zero-order valence-electron chi connectivity index (χ0n) is 16.6. The van der Waals surface area contributed by atoms with Gasteiger partial charge in [0, 0.05) is 31.7 Å². The molecule has 0 aliphatic rings. The molecular weight excluding hydrogens is 439 g/mol. The van der Waals surface area contributed by atoms with E-state index >= 15 is 0 Å². The summed E-state index contributed by atoms with van der Waals surface area (Å²) in [6, 6.07) is 8.62. The van der Waals surface area contributed by atoms with E-state index in [4.69, 9.17) is 4.74 Å². The zero-order valence-corrected chi connectivity index (χ0v) is 19.0. The van der Waals surface area contributed by atoms with Crippen molar-refractivity contribution in [3.63, 3.8) is 0 Å². The highest BCUT2D eigenvalue weighted by molar-refractivity contribution is 14.0. The molecular formula is C20H35IN4O. The Morgan fingerprint density at radius 2 is 2.00 bits per heavy atom. The van der Waals surface area contributed by atoms with Gasteiger partial charge in [0.1, 0.15) is 12.4 Å². The Labute approximate surface area is 176 Å². The van der Waals surface area contributed by atoms with Crippen LogP contribution in [-0.2, 0) is 6.54 Å². The number of para-hydroxylation sites is 1. The Morgan fingerprint density at radius 1 is 1.27 bits per heavy atom. The summed E-state index contributed by atoms with van der Waals surface area (Å²) in [6.07, 6.45) is 4.05. The van der Waals surface area contributed by atoms with Gasteiger partial charge in [0.15, 0.2) is 5.96 Å². The van der Waals surface area contributed by atoms with Crippen LogP contribution >= 0.6 is 24.0 Å². The van der Waals surface area contributed by atoms with Crippen LogP contribution in [0.4, 0.5) is 0 Å². The Bertz CT molecular complexity index is 534. The Kier molecular flexibility index (Phi) is 14.1. The smallest absolute Gasteiger partial charge is 0.191 e. The van der Waals surface area contributed by atoms with Gasteiger partial charge in [-0.15, -0.1) is 24.0 Å². The van der Waals surface area contributed by atoms with E-state index in [1.54, 1.807) is 13.1 Å². The molecule has 0 unspecified atom stereocenters. The lowest BCUT2D eigenvalue weighted by molar-refractivity contribution is 0.268. The van der Waals surface area contributed by atoms with E-state index in [0.717, 1.165) is 36.8 Å². The van der Waals surface area contributed by atoms with Crippen LogP contribution < -0.4 is 15.4 Å². The second-order valence-corrected chi connectivity index (χ2v) is 6.34. The van der Waals surface area contributed by atoms with Gasteiger partial charge in [0.25, 0.3) is 0 Å². The molecule has 26 heavy (non-hydrogen) atoms. The lowest BCUT2D eigenvalue weighted by Gasteiger charge is -2.20. The number of nitrogens with one attached hydrogen (secondary N) is 2. The maximum Gasteiger partial charge on any atom is 0.191 e. The molecule has 0 radical (unpaired) electrons. The van der Waals surface area contributed by atoms with Crippen molar-refractivity contribution < 1.29 is 4.74 Å². The van der Waals surface area contributed by atoms with E-state index in [1.165, 1.54) is 6.42 Å². The van der Waals surface area contributed by atoms with E-state index in [0.29, 0.717) is 19.2 Å². The third-order valence-electron chi connectivity index (χ3n) is 4.11. The molecule has 6 heteroatoms. The van der Waals surface area contributed by atoms with Gasteiger partial charge in [0.2, 0.25) is 0 Å². The second kappa shape index (κ2) is 14.8. The summed E-state index contributed by atoms with van der Waals surface area (Å²) in [5, 5.41) is 6.71. The van der Waals surface area contributed by atoms with Crippen molar-refractivity contribution in [3.8, 4) is 5.75 Å². The Balaban J connectivity index is 0.00000625. The van der Waals surface area contributed by atoms with Gasteiger partial charge < -0.3 is 20.3 Å². The Hall–Kier alpha value is -1.28. The number of guanidine groups is 1. The first-order valence-electron chi connectivity index (χ1n) is 9.04. The van der Waals surface area contributed by atoms with Crippen molar-refractivity contribution >= 4 is 29.9 Å². The van der Waals surface area contributed by atoms with Crippen LogP contribution in [0.2, 0.25) is 0 Å². The fourth-order valence-corrected chi connectivity index (χ4v) is 2.29. The number of hydrogen-bond donors (Lipinski definition) is 2. The van der Waals surface area contributed by atoms with Gasteiger partial charge in [-0.05, 0) is 46.3 Å². The van der Waals surface area contributed by atoms with Gasteiger partial charge in [-0.2, -0.15) is 0 Å².